The zero-order valence-electron chi connectivity index (χ0n) is 22.2. The molecule has 0 aliphatic heterocycles. The first kappa shape index (κ1) is 23.4. The number of hydrogen-bond acceptors (Lipinski definition) is 2. The van der Waals surface area contributed by atoms with Gasteiger partial charge in [0.2, 0.25) is 0 Å². The molecule has 2 nitrogen and oxygen atoms in total. The van der Waals surface area contributed by atoms with Crippen LogP contribution in [0.15, 0.2) is 11.6 Å². The first-order valence-corrected chi connectivity index (χ1v) is 13.8. The Labute approximate surface area is 197 Å². The van der Waals surface area contributed by atoms with Crippen LogP contribution >= 0.6 is 0 Å². The highest BCUT2D eigenvalue weighted by atomic mass is 16.3. The van der Waals surface area contributed by atoms with Crippen LogP contribution in [0.3, 0.4) is 0 Å². The van der Waals surface area contributed by atoms with Gasteiger partial charge in [-0.25, -0.2) is 0 Å². The molecule has 0 spiro atoms. The van der Waals surface area contributed by atoms with Crippen LogP contribution in [0.1, 0.15) is 107 Å². The van der Waals surface area contributed by atoms with E-state index in [4.69, 9.17) is 0 Å². The Morgan fingerprint density at radius 2 is 1.44 bits per heavy atom. The van der Waals surface area contributed by atoms with Gasteiger partial charge in [0.25, 0.3) is 0 Å². The fourth-order valence-electron chi connectivity index (χ4n) is 11.3. The molecule has 4 fully saturated rings. The molecule has 5 rings (SSSR count). The highest BCUT2D eigenvalue weighted by Gasteiger charge is 2.70. The van der Waals surface area contributed by atoms with Crippen molar-refractivity contribution in [1.82, 2.24) is 0 Å². The summed E-state index contributed by atoms with van der Waals surface area (Å²) in [6.45, 7) is 19.8. The topological polar surface area (TPSA) is 40.5 Å². The smallest absolute Gasteiger partial charge is 0.0780 e. The highest BCUT2D eigenvalue weighted by Crippen LogP contribution is 2.76. The van der Waals surface area contributed by atoms with E-state index in [0.717, 1.165) is 18.8 Å². The van der Waals surface area contributed by atoms with Gasteiger partial charge in [0.05, 0.1) is 12.2 Å². The van der Waals surface area contributed by atoms with E-state index in [0.29, 0.717) is 39.9 Å². The van der Waals surface area contributed by atoms with Crippen molar-refractivity contribution in [3.05, 3.63) is 11.6 Å². The van der Waals surface area contributed by atoms with E-state index in [9.17, 15) is 10.2 Å². The Balaban J connectivity index is 1.56. The van der Waals surface area contributed by atoms with Gasteiger partial charge in [0, 0.05) is 5.41 Å². The molecule has 0 aromatic carbocycles. The fourth-order valence-corrected chi connectivity index (χ4v) is 11.3. The molecule has 0 saturated heterocycles. The minimum atomic E-state index is -0.285. The molecule has 0 aromatic rings. The van der Waals surface area contributed by atoms with Gasteiger partial charge in [0.15, 0.2) is 0 Å². The number of allylic oxidation sites excluding steroid dienone is 1. The third kappa shape index (κ3) is 2.61. The largest absolute Gasteiger partial charge is 0.393 e. The second kappa shape index (κ2) is 6.87. The predicted octanol–water partition coefficient (Wildman–Crippen LogP) is 7.00. The summed E-state index contributed by atoms with van der Waals surface area (Å²) in [6, 6.07) is 0. The van der Waals surface area contributed by atoms with Gasteiger partial charge in [-0.05, 0) is 110 Å². The van der Waals surface area contributed by atoms with Crippen molar-refractivity contribution < 1.29 is 10.2 Å². The van der Waals surface area contributed by atoms with E-state index in [-0.39, 0.29) is 23.0 Å². The molecule has 0 heterocycles. The molecule has 0 amide bonds. The molecule has 0 aromatic heterocycles. The fraction of sp³-hybridized carbons (Fsp3) is 0.933. The van der Waals surface area contributed by atoms with Crippen LogP contribution in [0.25, 0.3) is 0 Å². The van der Waals surface area contributed by atoms with Gasteiger partial charge < -0.3 is 10.2 Å². The molecule has 182 valence electrons. The van der Waals surface area contributed by atoms with Crippen molar-refractivity contribution in [1.29, 1.82) is 0 Å². The molecule has 2 heteroatoms. The molecule has 0 radical (unpaired) electrons. The summed E-state index contributed by atoms with van der Waals surface area (Å²) in [6.07, 6.45) is 11.6. The minimum absolute atomic E-state index is 0.0289. The molecule has 11 atom stereocenters. The van der Waals surface area contributed by atoms with Gasteiger partial charge in [0.1, 0.15) is 0 Å². The molecule has 32 heavy (non-hydrogen) atoms. The molecular formula is C30H50O2. The van der Waals surface area contributed by atoms with Crippen molar-refractivity contribution in [3.63, 3.8) is 0 Å². The number of rotatable bonds is 0. The second-order valence-corrected chi connectivity index (χ2v) is 14.7. The number of fused-ring (bicyclic) bond motifs is 7. The standard InChI is InChI=1S/C30H50O2/c1-18-17-24(32)28(6)15-16-29(7)20(25(28)19(18)2)9-10-22-27(5)13-12-23(31)26(3,4)21(27)11-14-30(22,29)8/h17,19-25,31-32H,9-16H2,1-8H3/t19?,20-,21?,22-,23+,24+,25?,27+,28+,29-,30-/m1/s1. The molecule has 5 aliphatic carbocycles. The van der Waals surface area contributed by atoms with Crippen molar-refractivity contribution in [2.75, 3.05) is 0 Å². The van der Waals surface area contributed by atoms with Crippen LogP contribution in [-0.4, -0.2) is 22.4 Å². The lowest BCUT2D eigenvalue weighted by atomic mass is 9.31. The quantitative estimate of drug-likeness (QED) is 0.397. The lowest BCUT2D eigenvalue weighted by molar-refractivity contribution is -0.255. The third-order valence-corrected chi connectivity index (χ3v) is 13.6. The SMILES string of the molecule is CC1=C[C@H](O)[C@]2(C)CC[C@]3(C)[C@H](CC[C@@H]4[C@@]5(C)CC[C@H](O)C(C)(C)C5CC[C@]43C)C2C1C. The van der Waals surface area contributed by atoms with Crippen LogP contribution in [-0.2, 0) is 0 Å². The van der Waals surface area contributed by atoms with E-state index in [1.807, 2.05) is 0 Å². The van der Waals surface area contributed by atoms with Crippen LogP contribution in [0.2, 0.25) is 0 Å². The summed E-state index contributed by atoms with van der Waals surface area (Å²) >= 11 is 0. The van der Waals surface area contributed by atoms with E-state index >= 15 is 0 Å². The summed E-state index contributed by atoms with van der Waals surface area (Å²) in [5.74, 6) is 3.26. The Kier molecular flexibility index (Phi) is 5.02. The lowest BCUT2D eigenvalue weighted by Crippen LogP contribution is -2.67. The maximum Gasteiger partial charge on any atom is 0.0780 e. The van der Waals surface area contributed by atoms with Gasteiger partial charge in [-0.3, -0.25) is 0 Å². The molecule has 2 N–H and O–H groups in total. The van der Waals surface area contributed by atoms with Gasteiger partial charge in [-0.1, -0.05) is 60.1 Å². The summed E-state index contributed by atoms with van der Waals surface area (Å²) in [4.78, 5) is 0. The van der Waals surface area contributed by atoms with Crippen molar-refractivity contribution in [2.24, 2.45) is 56.7 Å². The number of aliphatic hydroxyl groups is 2. The lowest BCUT2D eigenvalue weighted by Gasteiger charge is -2.73. The normalized spacial score (nSPS) is 59.2. The maximum atomic E-state index is 11.2. The summed E-state index contributed by atoms with van der Waals surface area (Å²) in [5.41, 5.74) is 2.53. The summed E-state index contributed by atoms with van der Waals surface area (Å²) < 4.78 is 0. The van der Waals surface area contributed by atoms with E-state index < -0.39 is 0 Å². The van der Waals surface area contributed by atoms with Crippen molar-refractivity contribution in [3.8, 4) is 0 Å². The summed E-state index contributed by atoms with van der Waals surface area (Å²) in [5, 5.41) is 22.1. The summed E-state index contributed by atoms with van der Waals surface area (Å²) in [7, 11) is 0. The first-order valence-electron chi connectivity index (χ1n) is 13.8. The molecule has 5 aliphatic rings. The average molecular weight is 443 g/mol. The highest BCUT2D eigenvalue weighted by molar-refractivity contribution is 5.24. The van der Waals surface area contributed by atoms with E-state index in [2.05, 4.69) is 61.5 Å². The first-order chi connectivity index (χ1) is 14.7. The molecule has 0 bridgehead atoms. The second-order valence-electron chi connectivity index (χ2n) is 14.7. The minimum Gasteiger partial charge on any atom is -0.393 e. The van der Waals surface area contributed by atoms with Crippen LogP contribution < -0.4 is 0 Å². The maximum absolute atomic E-state index is 11.2. The van der Waals surface area contributed by atoms with Gasteiger partial charge in [-0.15, -0.1) is 0 Å². The molecule has 3 unspecified atom stereocenters. The van der Waals surface area contributed by atoms with Crippen LogP contribution in [0.4, 0.5) is 0 Å². The van der Waals surface area contributed by atoms with E-state index in [1.165, 1.54) is 44.1 Å². The van der Waals surface area contributed by atoms with Crippen LogP contribution in [0.5, 0.6) is 0 Å². The van der Waals surface area contributed by atoms with Crippen molar-refractivity contribution in [2.45, 2.75) is 119 Å². The van der Waals surface area contributed by atoms with Gasteiger partial charge >= 0.3 is 0 Å². The van der Waals surface area contributed by atoms with E-state index in [1.54, 1.807) is 0 Å². The Morgan fingerprint density at radius 3 is 2.12 bits per heavy atom. The Bertz CT molecular complexity index is 814. The van der Waals surface area contributed by atoms with Gasteiger partial charge in [-0.2, -0.15) is 0 Å². The zero-order chi connectivity index (χ0) is 23.5. The Morgan fingerprint density at radius 1 is 0.750 bits per heavy atom. The van der Waals surface area contributed by atoms with Crippen LogP contribution in [0, 0.1) is 56.7 Å². The monoisotopic (exact) mass is 442 g/mol. The van der Waals surface area contributed by atoms with Crippen molar-refractivity contribution >= 4 is 0 Å². The molecular weight excluding hydrogens is 392 g/mol. The molecule has 4 saturated carbocycles. The number of hydrogen-bond donors (Lipinski definition) is 2. The Hall–Kier alpha value is -0.340. The third-order valence-electron chi connectivity index (χ3n) is 13.6. The number of aliphatic hydroxyl groups excluding tert-OH is 2. The average Bonchev–Trinajstić information content (AvgIpc) is 2.71. The zero-order valence-corrected chi connectivity index (χ0v) is 22.2. The predicted molar refractivity (Wildman–Crippen MR) is 132 cm³/mol.